The van der Waals surface area contributed by atoms with E-state index < -0.39 is 0 Å². The molecule has 5 atom stereocenters. The highest BCUT2D eigenvalue weighted by atomic mass is 15.2. The van der Waals surface area contributed by atoms with Crippen molar-refractivity contribution in [1.29, 1.82) is 5.41 Å². The van der Waals surface area contributed by atoms with Crippen molar-refractivity contribution >= 4 is 23.2 Å². The van der Waals surface area contributed by atoms with E-state index in [2.05, 4.69) is 22.5 Å². The van der Waals surface area contributed by atoms with Crippen LogP contribution in [0, 0.1) is 23.2 Å². The van der Waals surface area contributed by atoms with E-state index in [0.29, 0.717) is 29.4 Å². The summed E-state index contributed by atoms with van der Waals surface area (Å²) >= 11 is 0. The van der Waals surface area contributed by atoms with Crippen LogP contribution in [0.25, 0.3) is 5.65 Å². The van der Waals surface area contributed by atoms with E-state index in [4.69, 9.17) is 16.1 Å². The number of fused-ring (bicyclic) bond motifs is 8. The van der Waals surface area contributed by atoms with Crippen LogP contribution in [0.5, 0.6) is 0 Å². The third-order valence-electron chi connectivity index (χ3n) is 7.07. The molecule has 6 rings (SSSR count). The third-order valence-corrected chi connectivity index (χ3v) is 7.07. The molecule has 0 spiro atoms. The van der Waals surface area contributed by atoms with Gasteiger partial charge in [-0.05, 0) is 66.7 Å². The first kappa shape index (κ1) is 15.2. The number of anilines is 2. The summed E-state index contributed by atoms with van der Waals surface area (Å²) in [7, 11) is 0. The number of nitrogens with one attached hydrogen (secondary N) is 2. The van der Waals surface area contributed by atoms with E-state index in [1.165, 1.54) is 31.0 Å². The lowest BCUT2D eigenvalue weighted by molar-refractivity contribution is 0.245. The summed E-state index contributed by atoms with van der Waals surface area (Å²) in [6.07, 6.45) is 9.11. The van der Waals surface area contributed by atoms with Crippen LogP contribution >= 0.6 is 0 Å². The third kappa shape index (κ3) is 1.98. The molecule has 0 saturated heterocycles. The molecule has 4 N–H and O–H groups in total. The number of rotatable bonds is 2. The van der Waals surface area contributed by atoms with E-state index in [-0.39, 0.29) is 6.04 Å². The van der Waals surface area contributed by atoms with Gasteiger partial charge in [0.2, 0.25) is 0 Å². The molecule has 0 radical (unpaired) electrons. The van der Waals surface area contributed by atoms with Gasteiger partial charge in [-0.2, -0.15) is 5.10 Å². The molecule has 1 aromatic carbocycles. The SMILES string of the molecule is N=Cc1c(N)ccc2c1C1C3CCC(C3)C1C(c1ccn3nccc3n1)N2. The second kappa shape index (κ2) is 5.31. The number of benzene rings is 1. The second-order valence-corrected chi connectivity index (χ2v) is 8.22. The van der Waals surface area contributed by atoms with Crippen molar-refractivity contribution in [2.24, 2.45) is 17.8 Å². The van der Waals surface area contributed by atoms with Crippen LogP contribution in [0.15, 0.2) is 36.7 Å². The van der Waals surface area contributed by atoms with Gasteiger partial charge in [-0.15, -0.1) is 0 Å². The van der Waals surface area contributed by atoms with Gasteiger partial charge >= 0.3 is 0 Å². The lowest BCUT2D eigenvalue weighted by atomic mass is 9.67. The van der Waals surface area contributed by atoms with Crippen molar-refractivity contribution in [2.45, 2.75) is 31.2 Å². The van der Waals surface area contributed by atoms with Crippen LogP contribution in [-0.4, -0.2) is 20.8 Å². The Morgan fingerprint density at radius 2 is 2.07 bits per heavy atom. The molecule has 2 fully saturated rings. The zero-order valence-electron chi connectivity index (χ0n) is 15.0. The molecular formula is C21H22N6. The van der Waals surface area contributed by atoms with Gasteiger partial charge in [0.15, 0.2) is 5.65 Å². The largest absolute Gasteiger partial charge is 0.398 e. The Balaban J connectivity index is 1.54. The molecule has 27 heavy (non-hydrogen) atoms. The molecule has 3 aliphatic rings. The van der Waals surface area contributed by atoms with E-state index in [1.54, 1.807) is 6.20 Å². The number of nitrogens with two attached hydrogens (primary N) is 1. The molecule has 3 heterocycles. The highest BCUT2D eigenvalue weighted by Gasteiger charge is 2.54. The maximum absolute atomic E-state index is 7.94. The van der Waals surface area contributed by atoms with Gasteiger partial charge in [0.1, 0.15) is 0 Å². The predicted octanol–water partition coefficient (Wildman–Crippen LogP) is 3.61. The highest BCUT2D eigenvalue weighted by molar-refractivity contribution is 5.91. The number of nitrogens with zero attached hydrogens (tertiary/aromatic N) is 3. The van der Waals surface area contributed by atoms with Gasteiger partial charge in [-0.3, -0.25) is 0 Å². The van der Waals surface area contributed by atoms with Crippen LogP contribution in [-0.2, 0) is 0 Å². The summed E-state index contributed by atoms with van der Waals surface area (Å²) in [6, 6.07) is 8.25. The average molecular weight is 358 g/mol. The Labute approximate surface area is 157 Å². The molecule has 2 saturated carbocycles. The van der Waals surface area contributed by atoms with Gasteiger partial charge < -0.3 is 16.5 Å². The van der Waals surface area contributed by atoms with E-state index >= 15 is 0 Å². The minimum absolute atomic E-state index is 0.194. The van der Waals surface area contributed by atoms with Crippen molar-refractivity contribution in [2.75, 3.05) is 11.1 Å². The van der Waals surface area contributed by atoms with Gasteiger partial charge in [0.05, 0.1) is 17.9 Å². The van der Waals surface area contributed by atoms with Crippen LogP contribution in [0.3, 0.4) is 0 Å². The maximum Gasteiger partial charge on any atom is 0.155 e. The van der Waals surface area contributed by atoms with Crippen LogP contribution in [0.4, 0.5) is 11.4 Å². The fraction of sp³-hybridized carbons (Fsp3) is 0.381. The smallest absolute Gasteiger partial charge is 0.155 e. The molecule has 0 amide bonds. The van der Waals surface area contributed by atoms with E-state index in [9.17, 15) is 0 Å². The first-order valence-electron chi connectivity index (χ1n) is 9.74. The zero-order chi connectivity index (χ0) is 18.1. The molecule has 2 aromatic heterocycles. The quantitative estimate of drug-likeness (QED) is 0.482. The summed E-state index contributed by atoms with van der Waals surface area (Å²) in [4.78, 5) is 4.90. The van der Waals surface area contributed by atoms with Gasteiger partial charge in [0.25, 0.3) is 0 Å². The molecule has 136 valence electrons. The van der Waals surface area contributed by atoms with Crippen LogP contribution < -0.4 is 11.1 Å². The van der Waals surface area contributed by atoms with E-state index in [0.717, 1.165) is 22.6 Å². The topological polar surface area (TPSA) is 92.1 Å². The fourth-order valence-electron chi connectivity index (χ4n) is 6.08. The highest BCUT2D eigenvalue weighted by Crippen LogP contribution is 2.64. The molecular weight excluding hydrogens is 336 g/mol. The summed E-state index contributed by atoms with van der Waals surface area (Å²) in [5, 5.41) is 16.0. The summed E-state index contributed by atoms with van der Waals surface area (Å²) in [5.41, 5.74) is 12.2. The number of hydrogen-bond acceptors (Lipinski definition) is 5. The fourth-order valence-corrected chi connectivity index (χ4v) is 6.08. The molecule has 2 aliphatic carbocycles. The Bertz CT molecular complexity index is 1070. The van der Waals surface area contributed by atoms with Gasteiger partial charge in [-0.1, -0.05) is 0 Å². The standard InChI is InChI=1S/C21H22N6/c22-10-13-14(23)3-4-15-20(13)18-11-1-2-12(9-11)19(18)21(26-15)16-6-8-27-17(25-16)5-7-24-27/h3-8,10-12,18-19,21-22,26H,1-2,9,23H2. The predicted molar refractivity (Wildman–Crippen MR) is 105 cm³/mol. The average Bonchev–Trinajstić information content (AvgIpc) is 3.42. The van der Waals surface area contributed by atoms with Crippen molar-refractivity contribution in [3.05, 3.63) is 53.5 Å². The monoisotopic (exact) mass is 358 g/mol. The summed E-state index contributed by atoms with van der Waals surface area (Å²) in [5.74, 6) is 2.39. The lowest BCUT2D eigenvalue weighted by Crippen LogP contribution is -2.36. The molecule has 6 heteroatoms. The minimum atomic E-state index is 0.194. The van der Waals surface area contributed by atoms with Crippen molar-refractivity contribution in [3.8, 4) is 0 Å². The number of aromatic nitrogens is 3. The van der Waals surface area contributed by atoms with Crippen LogP contribution in [0.1, 0.15) is 48.0 Å². The Morgan fingerprint density at radius 3 is 2.96 bits per heavy atom. The van der Waals surface area contributed by atoms with Crippen molar-refractivity contribution < 1.29 is 0 Å². The van der Waals surface area contributed by atoms with Crippen LogP contribution in [0.2, 0.25) is 0 Å². The Hall–Kier alpha value is -2.89. The van der Waals surface area contributed by atoms with Gasteiger partial charge in [0, 0.05) is 35.4 Å². The molecule has 5 unspecified atom stereocenters. The van der Waals surface area contributed by atoms with Crippen molar-refractivity contribution in [1.82, 2.24) is 14.6 Å². The molecule has 6 nitrogen and oxygen atoms in total. The number of nitrogen functional groups attached to an aromatic ring is 1. The Kier molecular flexibility index (Phi) is 2.99. The molecule has 1 aliphatic heterocycles. The minimum Gasteiger partial charge on any atom is -0.398 e. The normalized spacial score (nSPS) is 30.7. The molecule has 2 bridgehead atoms. The van der Waals surface area contributed by atoms with E-state index in [1.807, 2.05) is 22.8 Å². The van der Waals surface area contributed by atoms with Gasteiger partial charge in [-0.25, -0.2) is 9.50 Å². The molecule has 3 aromatic rings. The maximum atomic E-state index is 7.94. The second-order valence-electron chi connectivity index (χ2n) is 8.22. The first-order valence-corrected chi connectivity index (χ1v) is 9.74. The summed E-state index contributed by atoms with van der Waals surface area (Å²) in [6.45, 7) is 0. The Morgan fingerprint density at radius 1 is 1.19 bits per heavy atom. The zero-order valence-corrected chi connectivity index (χ0v) is 15.0. The first-order chi connectivity index (χ1) is 13.2. The van der Waals surface area contributed by atoms with Crippen molar-refractivity contribution in [3.63, 3.8) is 0 Å². The summed E-state index contributed by atoms with van der Waals surface area (Å²) < 4.78 is 1.81. The lowest BCUT2D eigenvalue weighted by Gasteiger charge is -2.43. The number of hydrogen-bond donors (Lipinski definition) is 3.